The number of fused-ring (bicyclic) bond motifs is 6. The molecule has 0 saturated heterocycles. The van der Waals surface area contributed by atoms with Crippen molar-refractivity contribution < 1.29 is 0 Å². The summed E-state index contributed by atoms with van der Waals surface area (Å²) in [5, 5.41) is 5.17. The number of rotatable bonds is 5. The van der Waals surface area contributed by atoms with Crippen LogP contribution in [0, 0.1) is 11.8 Å². The standard InChI is InChI=1S/C61H63N3/c1-14-15-40-16-22-45(23-17-40)62(46-24-28-48(29-25-46)63-54-32-18-41(58(2,3)4)36-50(54)51-37-42(59(5,6)7)19-33-55(51)63)47-26-30-49(31-27-47)64-56-34-20-43(60(8,9)10)38-52(56)53-39-44(61(11,12)13)21-35-57(53)64/h16-39H,1-13H3. The van der Waals surface area contributed by atoms with E-state index in [9.17, 15) is 0 Å². The molecule has 0 N–H and O–H groups in total. The average Bonchev–Trinajstić information content (AvgIpc) is 3.75. The SMILES string of the molecule is CC#Cc1ccc(N(c2ccc(-n3c4ccc(C(C)(C)C)cc4c4cc(C(C)(C)C)ccc43)cc2)c2ccc(-n3c4ccc(C(C)(C)C)cc4c4cc(C(C)(C)C)ccc43)cc2)cc1. The lowest BCUT2D eigenvalue weighted by Crippen LogP contribution is -2.11. The molecule has 9 rings (SSSR count). The normalized spacial score (nSPS) is 12.6. The fourth-order valence-corrected chi connectivity index (χ4v) is 9.26. The molecule has 2 heterocycles. The number of benzene rings is 7. The molecule has 0 unspecified atom stereocenters. The van der Waals surface area contributed by atoms with Crippen LogP contribution in [0.15, 0.2) is 146 Å². The van der Waals surface area contributed by atoms with Gasteiger partial charge in [-0.05, 0) is 172 Å². The summed E-state index contributed by atoms with van der Waals surface area (Å²) in [4.78, 5) is 2.35. The molecular formula is C61H63N3. The van der Waals surface area contributed by atoms with E-state index in [4.69, 9.17) is 0 Å². The predicted octanol–water partition coefficient (Wildman–Crippen LogP) is 16.9. The molecule has 64 heavy (non-hydrogen) atoms. The van der Waals surface area contributed by atoms with E-state index < -0.39 is 0 Å². The third-order valence-electron chi connectivity index (χ3n) is 13.1. The highest BCUT2D eigenvalue weighted by Crippen LogP contribution is 2.42. The van der Waals surface area contributed by atoms with Crippen LogP contribution in [0.2, 0.25) is 0 Å². The maximum absolute atomic E-state index is 3.23. The third kappa shape index (κ3) is 7.68. The number of aromatic nitrogens is 2. The van der Waals surface area contributed by atoms with Gasteiger partial charge in [-0.2, -0.15) is 0 Å². The molecule has 3 nitrogen and oxygen atoms in total. The lowest BCUT2D eigenvalue weighted by Gasteiger charge is -2.26. The zero-order valence-corrected chi connectivity index (χ0v) is 40.2. The van der Waals surface area contributed by atoms with Crippen molar-refractivity contribution in [3.05, 3.63) is 173 Å². The highest BCUT2D eigenvalue weighted by Gasteiger charge is 2.24. The molecule has 0 saturated carbocycles. The first-order valence-electron chi connectivity index (χ1n) is 22.9. The summed E-state index contributed by atoms with van der Waals surface area (Å²) in [5.74, 6) is 6.29. The van der Waals surface area contributed by atoms with Crippen LogP contribution in [0.4, 0.5) is 17.1 Å². The van der Waals surface area contributed by atoms with E-state index >= 15 is 0 Å². The van der Waals surface area contributed by atoms with Gasteiger partial charge in [0.1, 0.15) is 0 Å². The molecule has 0 aliphatic heterocycles. The van der Waals surface area contributed by atoms with Crippen LogP contribution < -0.4 is 4.90 Å². The van der Waals surface area contributed by atoms with Gasteiger partial charge in [-0.15, -0.1) is 5.92 Å². The highest BCUT2D eigenvalue weighted by molar-refractivity contribution is 6.11. The molecule has 3 heteroatoms. The third-order valence-corrected chi connectivity index (χ3v) is 13.1. The van der Waals surface area contributed by atoms with Crippen LogP contribution in [-0.2, 0) is 21.7 Å². The molecule has 7 aromatic carbocycles. The van der Waals surface area contributed by atoms with Gasteiger partial charge >= 0.3 is 0 Å². The molecule has 0 fully saturated rings. The molecule has 0 bridgehead atoms. The topological polar surface area (TPSA) is 13.1 Å². The van der Waals surface area contributed by atoms with E-state index in [1.54, 1.807) is 0 Å². The zero-order valence-electron chi connectivity index (χ0n) is 40.2. The quantitative estimate of drug-likeness (QED) is 0.157. The Morgan fingerprint density at radius 3 is 0.859 bits per heavy atom. The lowest BCUT2D eigenvalue weighted by molar-refractivity contribution is 0.590. The molecule has 0 atom stereocenters. The van der Waals surface area contributed by atoms with Gasteiger partial charge in [-0.1, -0.05) is 113 Å². The van der Waals surface area contributed by atoms with Gasteiger partial charge in [0.15, 0.2) is 0 Å². The molecule has 0 aliphatic rings. The van der Waals surface area contributed by atoms with Gasteiger partial charge in [-0.3, -0.25) is 0 Å². The van der Waals surface area contributed by atoms with Crippen molar-refractivity contribution in [2.45, 2.75) is 112 Å². The summed E-state index contributed by atoms with van der Waals surface area (Å²) < 4.78 is 4.87. The molecule has 322 valence electrons. The van der Waals surface area contributed by atoms with Crippen molar-refractivity contribution in [2.24, 2.45) is 0 Å². The van der Waals surface area contributed by atoms with E-state index in [0.29, 0.717) is 0 Å². The fraction of sp³-hybridized carbons (Fsp3) is 0.279. The summed E-state index contributed by atoms with van der Waals surface area (Å²) in [5.41, 5.74) is 16.9. The monoisotopic (exact) mass is 838 g/mol. The second kappa shape index (κ2) is 15.3. The average molecular weight is 838 g/mol. The molecule has 2 aromatic heterocycles. The first-order valence-corrected chi connectivity index (χ1v) is 22.9. The highest BCUT2D eigenvalue weighted by atomic mass is 15.1. The van der Waals surface area contributed by atoms with Crippen LogP contribution in [0.1, 0.15) is 118 Å². The molecule has 0 spiro atoms. The fourth-order valence-electron chi connectivity index (χ4n) is 9.26. The van der Waals surface area contributed by atoms with Gasteiger partial charge in [0, 0.05) is 55.5 Å². The summed E-state index contributed by atoms with van der Waals surface area (Å²) in [6, 6.07) is 54.9. The number of hydrogen-bond donors (Lipinski definition) is 0. The first kappa shape index (κ1) is 42.8. The van der Waals surface area contributed by atoms with Crippen LogP contribution in [-0.4, -0.2) is 9.13 Å². The van der Waals surface area contributed by atoms with Crippen LogP contribution in [0.3, 0.4) is 0 Å². The van der Waals surface area contributed by atoms with Crippen molar-refractivity contribution in [3.63, 3.8) is 0 Å². The minimum absolute atomic E-state index is 0.0463. The Bertz CT molecular complexity index is 2940. The van der Waals surface area contributed by atoms with Crippen molar-refractivity contribution in [2.75, 3.05) is 4.90 Å². The maximum atomic E-state index is 3.23. The van der Waals surface area contributed by atoms with Crippen LogP contribution in [0.5, 0.6) is 0 Å². The predicted molar refractivity (Wildman–Crippen MR) is 277 cm³/mol. The van der Waals surface area contributed by atoms with Gasteiger partial charge in [0.05, 0.1) is 22.1 Å². The molecule has 0 aliphatic carbocycles. The van der Waals surface area contributed by atoms with Crippen molar-refractivity contribution in [1.82, 2.24) is 9.13 Å². The Morgan fingerprint density at radius 1 is 0.344 bits per heavy atom. The Labute approximate surface area is 381 Å². The summed E-state index contributed by atoms with van der Waals surface area (Å²) in [7, 11) is 0. The number of nitrogens with zero attached hydrogens (tertiary/aromatic N) is 3. The zero-order chi connectivity index (χ0) is 45.5. The Hall–Kier alpha value is -6.50. The van der Waals surface area contributed by atoms with Gasteiger partial charge in [0.25, 0.3) is 0 Å². The minimum atomic E-state index is 0.0463. The lowest BCUT2D eigenvalue weighted by atomic mass is 9.85. The van der Waals surface area contributed by atoms with E-state index in [2.05, 4.69) is 255 Å². The van der Waals surface area contributed by atoms with E-state index in [-0.39, 0.29) is 21.7 Å². The Morgan fingerprint density at radius 2 is 0.609 bits per heavy atom. The largest absolute Gasteiger partial charge is 0.311 e. The molecular weight excluding hydrogens is 775 g/mol. The second-order valence-corrected chi connectivity index (χ2v) is 21.9. The van der Waals surface area contributed by atoms with Gasteiger partial charge in [-0.25, -0.2) is 0 Å². The van der Waals surface area contributed by atoms with Crippen molar-refractivity contribution >= 4 is 60.7 Å². The van der Waals surface area contributed by atoms with E-state index in [1.807, 2.05) is 6.92 Å². The molecule has 0 radical (unpaired) electrons. The smallest absolute Gasteiger partial charge is 0.0541 e. The van der Waals surface area contributed by atoms with E-state index in [1.165, 1.54) is 65.9 Å². The number of hydrogen-bond acceptors (Lipinski definition) is 1. The number of anilines is 3. The van der Waals surface area contributed by atoms with Crippen LogP contribution in [0.25, 0.3) is 55.0 Å². The van der Waals surface area contributed by atoms with E-state index in [0.717, 1.165) is 34.0 Å². The van der Waals surface area contributed by atoms with Gasteiger partial charge in [0.2, 0.25) is 0 Å². The first-order chi connectivity index (χ1) is 30.2. The molecule has 9 aromatic rings. The van der Waals surface area contributed by atoms with Crippen molar-refractivity contribution in [3.8, 4) is 23.2 Å². The van der Waals surface area contributed by atoms with Crippen LogP contribution >= 0.6 is 0 Å². The Balaban J connectivity index is 1.17. The second-order valence-electron chi connectivity index (χ2n) is 21.9. The Kier molecular flexibility index (Phi) is 10.3. The van der Waals surface area contributed by atoms with Crippen molar-refractivity contribution in [1.29, 1.82) is 0 Å². The van der Waals surface area contributed by atoms with Gasteiger partial charge < -0.3 is 14.0 Å². The summed E-state index contributed by atoms with van der Waals surface area (Å²) >= 11 is 0. The molecule has 0 amide bonds. The maximum Gasteiger partial charge on any atom is 0.0541 e. The summed E-state index contributed by atoms with van der Waals surface area (Å²) in [6.45, 7) is 29.5. The summed E-state index contributed by atoms with van der Waals surface area (Å²) in [6.07, 6.45) is 0. The minimum Gasteiger partial charge on any atom is -0.311 e.